The predicted molar refractivity (Wildman–Crippen MR) is 103 cm³/mol. The second kappa shape index (κ2) is 8.03. The van der Waals surface area contributed by atoms with E-state index in [9.17, 15) is 4.79 Å². The molecule has 0 saturated heterocycles. The molecule has 1 atom stereocenters. The van der Waals surface area contributed by atoms with Gasteiger partial charge in [0.2, 0.25) is 5.91 Å². The molecule has 2 heterocycles. The fourth-order valence-corrected chi connectivity index (χ4v) is 3.90. The van der Waals surface area contributed by atoms with E-state index in [-0.39, 0.29) is 11.9 Å². The van der Waals surface area contributed by atoms with Crippen molar-refractivity contribution in [3.05, 3.63) is 51.7 Å². The predicted octanol–water partition coefficient (Wildman–Crippen LogP) is 4.17. The Hall–Kier alpha value is -1.83. The summed E-state index contributed by atoms with van der Waals surface area (Å²) in [7, 11) is 1.89. The molecule has 5 nitrogen and oxygen atoms in total. The number of thiophene rings is 1. The molecule has 0 saturated carbocycles. The zero-order valence-corrected chi connectivity index (χ0v) is 16.2. The van der Waals surface area contributed by atoms with Crippen molar-refractivity contribution in [1.29, 1.82) is 0 Å². The highest BCUT2D eigenvalue weighted by molar-refractivity contribution is 7.99. The molecule has 0 unspecified atom stereocenters. The Balaban J connectivity index is 1.60. The van der Waals surface area contributed by atoms with E-state index in [4.69, 9.17) is 11.6 Å². The highest BCUT2D eigenvalue weighted by Gasteiger charge is 2.15. The maximum Gasteiger partial charge on any atom is 0.230 e. The Kier molecular flexibility index (Phi) is 5.78. The Labute approximate surface area is 159 Å². The van der Waals surface area contributed by atoms with Crippen LogP contribution in [0, 0.1) is 0 Å². The lowest BCUT2D eigenvalue weighted by Gasteiger charge is -2.11. The van der Waals surface area contributed by atoms with Gasteiger partial charge in [-0.15, -0.1) is 21.5 Å². The number of nitrogens with zero attached hydrogens (tertiary/aromatic N) is 3. The number of benzene rings is 1. The first-order valence-corrected chi connectivity index (χ1v) is 9.90. The van der Waals surface area contributed by atoms with Crippen LogP contribution < -0.4 is 5.32 Å². The molecule has 3 aromatic rings. The fraction of sp³-hybridized carbons (Fsp3) is 0.235. The summed E-state index contributed by atoms with van der Waals surface area (Å²) in [6, 6.07) is 11.4. The van der Waals surface area contributed by atoms with E-state index >= 15 is 0 Å². The molecule has 25 heavy (non-hydrogen) atoms. The SMILES string of the molecule is C[C@@H](NC(=O)CSc1nnc(-c2ccc(Cl)cc2)n1C)c1cccs1. The molecular formula is C17H17ClN4OS2. The van der Waals surface area contributed by atoms with Crippen LogP contribution in [0.1, 0.15) is 17.8 Å². The molecule has 0 spiro atoms. The Morgan fingerprint density at radius 2 is 2.08 bits per heavy atom. The highest BCUT2D eigenvalue weighted by Crippen LogP contribution is 2.24. The van der Waals surface area contributed by atoms with Gasteiger partial charge in [-0.3, -0.25) is 4.79 Å². The van der Waals surface area contributed by atoms with Gasteiger partial charge in [0.25, 0.3) is 0 Å². The van der Waals surface area contributed by atoms with E-state index in [0.29, 0.717) is 15.9 Å². The number of carbonyl (C=O) groups excluding carboxylic acids is 1. The van der Waals surface area contributed by atoms with Gasteiger partial charge in [0.1, 0.15) is 0 Å². The monoisotopic (exact) mass is 392 g/mol. The number of amides is 1. The third-order valence-electron chi connectivity index (χ3n) is 3.62. The Morgan fingerprint density at radius 3 is 2.76 bits per heavy atom. The van der Waals surface area contributed by atoms with Crippen molar-refractivity contribution in [3.63, 3.8) is 0 Å². The van der Waals surface area contributed by atoms with Crippen molar-refractivity contribution in [2.24, 2.45) is 7.05 Å². The number of halogens is 1. The first-order chi connectivity index (χ1) is 12.0. The van der Waals surface area contributed by atoms with Gasteiger partial charge in [-0.2, -0.15) is 0 Å². The second-order valence-corrected chi connectivity index (χ2v) is 7.82. The number of nitrogens with one attached hydrogen (secondary N) is 1. The number of hydrogen-bond donors (Lipinski definition) is 1. The molecule has 2 aromatic heterocycles. The second-order valence-electron chi connectivity index (χ2n) is 5.47. The van der Waals surface area contributed by atoms with Crippen LogP contribution in [0.15, 0.2) is 46.9 Å². The third kappa shape index (κ3) is 4.42. The van der Waals surface area contributed by atoms with E-state index in [1.54, 1.807) is 11.3 Å². The number of carbonyl (C=O) groups is 1. The van der Waals surface area contributed by atoms with Crippen molar-refractivity contribution in [2.75, 3.05) is 5.75 Å². The Bertz CT molecular complexity index is 846. The molecule has 0 radical (unpaired) electrons. The minimum absolute atomic E-state index is 0.0113. The van der Waals surface area contributed by atoms with Crippen LogP contribution in [0.4, 0.5) is 0 Å². The summed E-state index contributed by atoms with van der Waals surface area (Å²) >= 11 is 8.92. The van der Waals surface area contributed by atoms with Crippen LogP contribution in [0.2, 0.25) is 5.02 Å². The summed E-state index contributed by atoms with van der Waals surface area (Å²) in [6.45, 7) is 1.98. The first-order valence-electron chi connectivity index (χ1n) is 7.65. The van der Waals surface area contributed by atoms with Gasteiger partial charge in [-0.25, -0.2) is 0 Å². The van der Waals surface area contributed by atoms with E-state index in [2.05, 4.69) is 15.5 Å². The summed E-state index contributed by atoms with van der Waals surface area (Å²) in [5, 5.41) is 14.8. The normalized spacial score (nSPS) is 12.1. The smallest absolute Gasteiger partial charge is 0.230 e. The summed E-state index contributed by atoms with van der Waals surface area (Å²) in [6.07, 6.45) is 0. The molecule has 0 aliphatic carbocycles. The van der Waals surface area contributed by atoms with Gasteiger partial charge in [-0.1, -0.05) is 29.4 Å². The molecular weight excluding hydrogens is 376 g/mol. The van der Waals surface area contributed by atoms with Gasteiger partial charge in [-0.05, 0) is 42.6 Å². The summed E-state index contributed by atoms with van der Waals surface area (Å²) in [4.78, 5) is 13.3. The molecule has 0 aliphatic heterocycles. The van der Waals surface area contributed by atoms with Crippen molar-refractivity contribution >= 4 is 40.6 Å². The lowest BCUT2D eigenvalue weighted by Crippen LogP contribution is -2.27. The van der Waals surface area contributed by atoms with Crippen LogP contribution in [0.3, 0.4) is 0 Å². The highest BCUT2D eigenvalue weighted by atomic mass is 35.5. The lowest BCUT2D eigenvalue weighted by atomic mass is 10.2. The van der Waals surface area contributed by atoms with Crippen LogP contribution in [-0.4, -0.2) is 26.4 Å². The fourth-order valence-electron chi connectivity index (χ4n) is 2.31. The first kappa shape index (κ1) is 18.0. The zero-order valence-electron chi connectivity index (χ0n) is 13.8. The summed E-state index contributed by atoms with van der Waals surface area (Å²) in [5.41, 5.74) is 0.932. The van der Waals surface area contributed by atoms with Gasteiger partial charge in [0.15, 0.2) is 11.0 Å². The minimum Gasteiger partial charge on any atom is -0.348 e. The molecule has 3 rings (SSSR count). The van der Waals surface area contributed by atoms with Crippen molar-refractivity contribution in [3.8, 4) is 11.4 Å². The molecule has 0 bridgehead atoms. The molecule has 0 aliphatic rings. The summed E-state index contributed by atoms with van der Waals surface area (Å²) < 4.78 is 1.88. The Morgan fingerprint density at radius 1 is 1.32 bits per heavy atom. The largest absolute Gasteiger partial charge is 0.348 e. The standard InChI is InChI=1S/C17H17ClN4OS2/c1-11(14-4-3-9-24-14)19-15(23)10-25-17-21-20-16(22(17)2)12-5-7-13(18)8-6-12/h3-9,11H,10H2,1-2H3,(H,19,23)/t11-/m1/s1. The molecule has 130 valence electrons. The minimum atomic E-state index is -0.0260. The third-order valence-corrected chi connectivity index (χ3v) is 5.94. The molecule has 1 N–H and O–H groups in total. The van der Waals surface area contributed by atoms with Gasteiger partial charge >= 0.3 is 0 Å². The lowest BCUT2D eigenvalue weighted by molar-refractivity contribution is -0.119. The van der Waals surface area contributed by atoms with Crippen molar-refractivity contribution < 1.29 is 4.79 Å². The number of rotatable bonds is 6. The van der Waals surface area contributed by atoms with Crippen LogP contribution in [0.5, 0.6) is 0 Å². The topological polar surface area (TPSA) is 59.8 Å². The quantitative estimate of drug-likeness (QED) is 0.639. The molecule has 0 fully saturated rings. The average Bonchev–Trinajstić information content (AvgIpc) is 3.24. The average molecular weight is 393 g/mol. The van der Waals surface area contributed by atoms with Crippen LogP contribution in [0.25, 0.3) is 11.4 Å². The molecule has 1 aromatic carbocycles. The number of aromatic nitrogens is 3. The van der Waals surface area contributed by atoms with Crippen molar-refractivity contribution in [2.45, 2.75) is 18.1 Å². The van der Waals surface area contributed by atoms with Crippen LogP contribution >= 0.6 is 34.7 Å². The van der Waals surface area contributed by atoms with Crippen LogP contribution in [-0.2, 0) is 11.8 Å². The zero-order chi connectivity index (χ0) is 17.8. The van der Waals surface area contributed by atoms with E-state index in [1.165, 1.54) is 11.8 Å². The maximum atomic E-state index is 12.1. The van der Waals surface area contributed by atoms with E-state index in [0.717, 1.165) is 16.3 Å². The summed E-state index contributed by atoms with van der Waals surface area (Å²) in [5.74, 6) is 1.01. The van der Waals surface area contributed by atoms with E-state index in [1.807, 2.05) is 60.3 Å². The number of thioether (sulfide) groups is 1. The van der Waals surface area contributed by atoms with Gasteiger partial charge in [0.05, 0.1) is 11.8 Å². The maximum absolute atomic E-state index is 12.1. The molecule has 8 heteroatoms. The van der Waals surface area contributed by atoms with Gasteiger partial charge in [0, 0.05) is 22.5 Å². The molecule has 1 amide bonds. The van der Waals surface area contributed by atoms with Crippen molar-refractivity contribution in [1.82, 2.24) is 20.1 Å². The number of hydrogen-bond acceptors (Lipinski definition) is 5. The van der Waals surface area contributed by atoms with Gasteiger partial charge < -0.3 is 9.88 Å². The van der Waals surface area contributed by atoms with E-state index < -0.39 is 0 Å².